The topological polar surface area (TPSA) is 325 Å². The lowest BCUT2D eigenvalue weighted by atomic mass is 9.85. The predicted molar refractivity (Wildman–Crippen MR) is 255 cm³/mol. The average Bonchev–Trinajstić information content (AvgIpc) is 3.81. The van der Waals surface area contributed by atoms with E-state index in [0.29, 0.717) is 55.3 Å². The van der Waals surface area contributed by atoms with E-state index < -0.39 is 79.0 Å². The molecule has 0 saturated carbocycles. The summed E-state index contributed by atoms with van der Waals surface area (Å²) in [4.78, 5) is 106. The Bertz CT molecular complexity index is 2160. The zero-order valence-corrected chi connectivity index (χ0v) is 39.2. The summed E-state index contributed by atoms with van der Waals surface area (Å²) < 4.78 is 0. The van der Waals surface area contributed by atoms with Crippen LogP contribution < -0.4 is 43.8 Å². The Labute approximate surface area is 400 Å². The number of carboxylic acids is 1. The van der Waals surface area contributed by atoms with Crippen molar-refractivity contribution in [3.05, 3.63) is 59.7 Å². The number of hydrogen-bond donors (Lipinski definition) is 9. The highest BCUT2D eigenvalue weighted by atomic mass is 32.2. The molecule has 4 atom stereocenters. The number of thioether (sulfide) groups is 1. The summed E-state index contributed by atoms with van der Waals surface area (Å²) in [6.45, 7) is -0.143. The maximum atomic E-state index is 14.7. The van der Waals surface area contributed by atoms with Gasteiger partial charge >= 0.3 is 5.97 Å². The molecule has 1 aliphatic carbocycles. The summed E-state index contributed by atoms with van der Waals surface area (Å²) in [6.07, 6.45) is 5.53. The first-order chi connectivity index (χ1) is 32.6. The van der Waals surface area contributed by atoms with Crippen LogP contribution in [0.3, 0.4) is 0 Å². The highest BCUT2D eigenvalue weighted by Gasteiger charge is 2.54. The van der Waals surface area contributed by atoms with Crippen molar-refractivity contribution in [3.63, 3.8) is 0 Å². The summed E-state index contributed by atoms with van der Waals surface area (Å²) in [5.74, 6) is -4.24. The second-order valence-electron chi connectivity index (χ2n) is 18.0. The number of benzene rings is 2. The second-order valence-corrected chi connectivity index (χ2v) is 19.0. The largest absolute Gasteiger partial charge is 0.480 e. The summed E-state index contributed by atoms with van der Waals surface area (Å²) >= 11 is 1.26. The lowest BCUT2D eigenvalue weighted by molar-refractivity contribution is -0.144. The molecular formula is C46H66N12O9S. The van der Waals surface area contributed by atoms with E-state index in [2.05, 4.69) is 38.0 Å². The number of anilines is 1. The molecule has 21 nitrogen and oxygen atoms in total. The molecule has 0 aromatic heterocycles. The monoisotopic (exact) mass is 962 g/mol. The standard InChI is InChI=1S/C46H66N12O9S/c47-17-6-5-10-32(48)40(63)53-33(11-7-18-51-45(49)50)42(65)55-20-15-46(16-21-55)44(67)56(28-57(46)19-14-29-22-30-8-1-2-9-31(30)23-29)24-38(60)52-34(26-59)41(64)54-35-27-68-37-13-4-3-12-36(37)58(43(35)66)25-39(61)62/h1-4,8-9,12-13,29,32-35,59H,5-7,10-11,14-28,47-48H2,(H,52,60)(H,53,63)(H,54,64)(H,61,62)(H4,49,50,51)/t32-,33-,34-,35+/m0/s1. The third-order valence-electron chi connectivity index (χ3n) is 13.2. The number of nitrogens with one attached hydrogen (secondary N) is 3. The van der Waals surface area contributed by atoms with Crippen LogP contribution in [-0.4, -0.2) is 167 Å². The summed E-state index contributed by atoms with van der Waals surface area (Å²) in [6, 6.07) is 10.7. The number of para-hydroxylation sites is 1. The van der Waals surface area contributed by atoms with Crippen LogP contribution in [0, 0.1) is 5.92 Å². The highest BCUT2D eigenvalue weighted by Crippen LogP contribution is 2.38. The predicted octanol–water partition coefficient (Wildman–Crippen LogP) is -1.57. The number of aliphatic carboxylic acids is 1. The number of nitrogens with zero attached hydrogens (tertiary/aromatic N) is 5. The molecule has 6 amide bonds. The first-order valence-electron chi connectivity index (χ1n) is 23.3. The second kappa shape index (κ2) is 24.0. The van der Waals surface area contributed by atoms with Crippen LogP contribution in [0.15, 0.2) is 58.4 Å². The number of fused-ring (bicyclic) bond motifs is 2. The van der Waals surface area contributed by atoms with Crippen LogP contribution in [0.2, 0.25) is 0 Å². The van der Waals surface area contributed by atoms with Gasteiger partial charge in [-0.25, -0.2) is 0 Å². The molecular weight excluding hydrogens is 897 g/mol. The van der Waals surface area contributed by atoms with Gasteiger partial charge in [0.1, 0.15) is 36.8 Å². The number of aliphatic hydroxyl groups is 1. The van der Waals surface area contributed by atoms with Gasteiger partial charge in [0.2, 0.25) is 29.5 Å². The number of aliphatic hydroxyl groups excluding tert-OH is 1. The van der Waals surface area contributed by atoms with E-state index in [0.717, 1.165) is 24.2 Å². The average molecular weight is 963 g/mol. The minimum Gasteiger partial charge on any atom is -0.480 e. The fourth-order valence-electron chi connectivity index (χ4n) is 9.60. The van der Waals surface area contributed by atoms with Gasteiger partial charge in [-0.3, -0.25) is 48.4 Å². The third-order valence-corrected chi connectivity index (χ3v) is 14.4. The van der Waals surface area contributed by atoms with Crippen molar-refractivity contribution in [1.29, 1.82) is 0 Å². The molecule has 1 spiro atoms. The zero-order chi connectivity index (χ0) is 49.0. The Morgan fingerprint density at radius 1 is 0.882 bits per heavy atom. The maximum Gasteiger partial charge on any atom is 0.323 e. The van der Waals surface area contributed by atoms with Gasteiger partial charge < -0.3 is 58.9 Å². The number of guanidine groups is 1. The van der Waals surface area contributed by atoms with Crippen molar-refractivity contribution < 1.29 is 43.8 Å². The number of carbonyl (C=O) groups excluding carboxylic acids is 6. The molecule has 0 bridgehead atoms. The van der Waals surface area contributed by atoms with Gasteiger partial charge in [-0.15, -0.1) is 11.8 Å². The number of amides is 6. The number of likely N-dealkylation sites (tertiary alicyclic amines) is 1. The van der Waals surface area contributed by atoms with E-state index in [9.17, 15) is 43.8 Å². The van der Waals surface area contributed by atoms with Crippen LogP contribution in [-0.2, 0) is 46.4 Å². The summed E-state index contributed by atoms with van der Waals surface area (Å²) in [5, 5.41) is 27.8. The molecule has 22 heteroatoms. The van der Waals surface area contributed by atoms with Crippen LogP contribution in [0.5, 0.6) is 0 Å². The van der Waals surface area contributed by atoms with E-state index in [1.807, 2.05) is 12.1 Å². The van der Waals surface area contributed by atoms with Crippen LogP contribution in [0.1, 0.15) is 62.5 Å². The molecule has 6 rings (SSSR count). The number of nitrogens with two attached hydrogens (primary N) is 4. The van der Waals surface area contributed by atoms with Crippen molar-refractivity contribution in [2.24, 2.45) is 33.8 Å². The SMILES string of the molecule is NCCCC[C@H](N)C(=O)N[C@@H](CCCN=C(N)N)C(=O)N1CCC2(CC1)C(=O)N(CC(=O)N[C@@H](CO)C(=O)N[C@@H]1CSc3ccccc3N(CC(=O)O)C1=O)CN2CCC1Cc2ccccc2C1. The number of piperidine rings is 1. The van der Waals surface area contributed by atoms with Crippen LogP contribution in [0.4, 0.5) is 5.69 Å². The fraction of sp³-hybridized carbons (Fsp3) is 0.565. The number of carboxylic acid groups (broad SMARTS) is 1. The molecule has 2 aromatic carbocycles. The summed E-state index contributed by atoms with van der Waals surface area (Å²) in [7, 11) is 0. The van der Waals surface area contributed by atoms with Crippen molar-refractivity contribution in [2.45, 2.75) is 98.8 Å². The lowest BCUT2D eigenvalue weighted by Crippen LogP contribution is -2.60. The fourth-order valence-corrected chi connectivity index (χ4v) is 10.7. The van der Waals surface area contributed by atoms with E-state index in [-0.39, 0.29) is 69.1 Å². The highest BCUT2D eigenvalue weighted by molar-refractivity contribution is 7.99. The first kappa shape index (κ1) is 51.6. The number of unbranched alkanes of at least 4 members (excludes halogenated alkanes) is 1. The third kappa shape index (κ3) is 12.8. The summed E-state index contributed by atoms with van der Waals surface area (Å²) in [5.41, 5.74) is 24.8. The van der Waals surface area contributed by atoms with E-state index >= 15 is 0 Å². The Hall–Kier alpha value is -5.81. The van der Waals surface area contributed by atoms with Gasteiger partial charge in [-0.1, -0.05) is 42.8 Å². The molecule has 68 heavy (non-hydrogen) atoms. The molecule has 370 valence electrons. The number of rotatable bonds is 22. The molecule has 2 aromatic rings. The van der Waals surface area contributed by atoms with Crippen LogP contribution in [0.25, 0.3) is 0 Å². The lowest BCUT2D eigenvalue weighted by Gasteiger charge is -2.43. The normalized spacial score (nSPS) is 19.4. The molecule has 3 heterocycles. The maximum absolute atomic E-state index is 14.7. The van der Waals surface area contributed by atoms with Gasteiger partial charge in [0.05, 0.1) is 25.0 Å². The van der Waals surface area contributed by atoms with Gasteiger partial charge in [0.25, 0.3) is 5.91 Å². The van der Waals surface area contributed by atoms with Gasteiger partial charge in [-0.05, 0) is 93.5 Å². The van der Waals surface area contributed by atoms with E-state index in [1.54, 1.807) is 29.2 Å². The van der Waals surface area contributed by atoms with Crippen molar-refractivity contribution >= 4 is 64.8 Å². The molecule has 3 aliphatic heterocycles. The Kier molecular flexibility index (Phi) is 18.2. The Balaban J connectivity index is 1.12. The quantitative estimate of drug-likeness (QED) is 0.0366. The number of aliphatic imine (C=N–C) groups is 1. The minimum atomic E-state index is -1.49. The van der Waals surface area contributed by atoms with Gasteiger partial charge in [0, 0.05) is 36.8 Å². The smallest absolute Gasteiger partial charge is 0.323 e. The zero-order valence-electron chi connectivity index (χ0n) is 38.4. The molecule has 13 N–H and O–H groups in total. The Morgan fingerprint density at radius 3 is 2.24 bits per heavy atom. The number of hydrogen-bond acceptors (Lipinski definition) is 13. The van der Waals surface area contributed by atoms with Crippen molar-refractivity contribution in [3.8, 4) is 0 Å². The first-order valence-corrected chi connectivity index (χ1v) is 24.3. The Morgan fingerprint density at radius 2 is 1.57 bits per heavy atom. The van der Waals surface area contributed by atoms with Gasteiger partial charge in [0.15, 0.2) is 5.96 Å². The molecule has 0 unspecified atom stereocenters. The minimum absolute atomic E-state index is 0.0679. The number of carbonyl (C=O) groups is 7. The molecule has 2 fully saturated rings. The molecule has 0 radical (unpaired) electrons. The molecule has 2 saturated heterocycles. The van der Waals surface area contributed by atoms with E-state index in [4.69, 9.17) is 22.9 Å². The van der Waals surface area contributed by atoms with Crippen LogP contribution >= 0.6 is 11.8 Å². The van der Waals surface area contributed by atoms with Gasteiger partial charge in [-0.2, -0.15) is 0 Å². The van der Waals surface area contributed by atoms with Crippen molar-refractivity contribution in [1.82, 2.24) is 30.7 Å². The van der Waals surface area contributed by atoms with Crippen molar-refractivity contribution in [2.75, 3.05) is 69.7 Å². The van der Waals surface area contributed by atoms with E-state index in [1.165, 1.54) is 27.8 Å². The molecule has 4 aliphatic rings.